The van der Waals surface area contributed by atoms with E-state index in [0.717, 1.165) is 5.57 Å². The Morgan fingerprint density at radius 2 is 2.38 bits per heavy atom. The van der Waals surface area contributed by atoms with Gasteiger partial charge in [0.1, 0.15) is 0 Å². The lowest BCUT2D eigenvalue weighted by Crippen LogP contribution is -2.16. The van der Waals surface area contributed by atoms with Crippen molar-refractivity contribution in [2.75, 3.05) is 0 Å². The summed E-state index contributed by atoms with van der Waals surface area (Å²) in [5.41, 5.74) is 6.11. The van der Waals surface area contributed by atoms with Crippen molar-refractivity contribution in [3.63, 3.8) is 0 Å². The zero-order valence-corrected chi connectivity index (χ0v) is 7.73. The van der Waals surface area contributed by atoms with Gasteiger partial charge in [0.25, 0.3) is 0 Å². The standard InChI is InChI=1S/C10H15NO2/c1-7-6-8(2-4-9(7)12)3-5-10(11)13/h2,4,6-7,9,12H,3,5H2,1H3,(H2,11,13)/t7-,9?/m0/s1. The lowest BCUT2D eigenvalue weighted by atomic mass is 9.93. The van der Waals surface area contributed by atoms with Crippen molar-refractivity contribution in [3.05, 3.63) is 23.8 Å². The highest BCUT2D eigenvalue weighted by molar-refractivity contribution is 5.74. The van der Waals surface area contributed by atoms with E-state index in [1.54, 1.807) is 6.08 Å². The molecule has 13 heavy (non-hydrogen) atoms. The van der Waals surface area contributed by atoms with Gasteiger partial charge in [0.2, 0.25) is 5.91 Å². The molecular formula is C10H15NO2. The SMILES string of the molecule is C[C@H]1C=C(CCC(N)=O)C=CC1O. The molecule has 1 unspecified atom stereocenters. The molecule has 3 N–H and O–H groups in total. The second-order valence-corrected chi connectivity index (χ2v) is 3.42. The van der Waals surface area contributed by atoms with Crippen molar-refractivity contribution >= 4 is 5.91 Å². The van der Waals surface area contributed by atoms with Crippen molar-refractivity contribution in [2.45, 2.75) is 25.9 Å². The quantitative estimate of drug-likeness (QED) is 0.674. The maximum absolute atomic E-state index is 10.5. The third-order valence-electron chi connectivity index (χ3n) is 2.18. The van der Waals surface area contributed by atoms with E-state index >= 15 is 0 Å². The molecule has 0 saturated carbocycles. The smallest absolute Gasteiger partial charge is 0.217 e. The van der Waals surface area contributed by atoms with Crippen LogP contribution < -0.4 is 5.73 Å². The van der Waals surface area contributed by atoms with Crippen molar-refractivity contribution in [1.82, 2.24) is 0 Å². The van der Waals surface area contributed by atoms with E-state index in [1.807, 2.05) is 19.1 Å². The van der Waals surface area contributed by atoms with Crippen LogP contribution in [-0.4, -0.2) is 17.1 Å². The molecule has 0 aliphatic heterocycles. The highest BCUT2D eigenvalue weighted by atomic mass is 16.3. The van der Waals surface area contributed by atoms with Gasteiger partial charge in [-0.15, -0.1) is 0 Å². The average Bonchev–Trinajstić information content (AvgIpc) is 2.07. The molecule has 1 aliphatic carbocycles. The van der Waals surface area contributed by atoms with Crippen LogP contribution in [0.25, 0.3) is 0 Å². The summed E-state index contributed by atoms with van der Waals surface area (Å²) in [5, 5.41) is 9.35. The summed E-state index contributed by atoms with van der Waals surface area (Å²) in [7, 11) is 0. The van der Waals surface area contributed by atoms with E-state index in [-0.39, 0.29) is 11.8 Å². The van der Waals surface area contributed by atoms with Crippen molar-refractivity contribution in [3.8, 4) is 0 Å². The summed E-state index contributed by atoms with van der Waals surface area (Å²) < 4.78 is 0. The van der Waals surface area contributed by atoms with Crippen LogP contribution in [0.15, 0.2) is 23.8 Å². The maximum Gasteiger partial charge on any atom is 0.217 e. The van der Waals surface area contributed by atoms with E-state index in [1.165, 1.54) is 0 Å². The summed E-state index contributed by atoms with van der Waals surface area (Å²) in [6, 6.07) is 0. The molecule has 2 atom stereocenters. The Morgan fingerprint density at radius 3 is 2.92 bits per heavy atom. The summed E-state index contributed by atoms with van der Waals surface area (Å²) in [6.45, 7) is 1.94. The first-order valence-electron chi connectivity index (χ1n) is 4.45. The van der Waals surface area contributed by atoms with Gasteiger partial charge in [-0.25, -0.2) is 0 Å². The van der Waals surface area contributed by atoms with Crippen LogP contribution in [0.1, 0.15) is 19.8 Å². The third-order valence-corrected chi connectivity index (χ3v) is 2.18. The number of rotatable bonds is 3. The summed E-state index contributed by atoms with van der Waals surface area (Å²) in [6.07, 6.45) is 6.24. The summed E-state index contributed by atoms with van der Waals surface area (Å²) >= 11 is 0. The van der Waals surface area contributed by atoms with E-state index in [9.17, 15) is 9.90 Å². The highest BCUT2D eigenvalue weighted by Crippen LogP contribution is 2.19. The first kappa shape index (κ1) is 9.99. The van der Waals surface area contributed by atoms with Crippen LogP contribution in [0.2, 0.25) is 0 Å². The zero-order chi connectivity index (χ0) is 9.84. The largest absolute Gasteiger partial charge is 0.388 e. The van der Waals surface area contributed by atoms with E-state index in [0.29, 0.717) is 12.8 Å². The van der Waals surface area contributed by atoms with Gasteiger partial charge in [-0.05, 0) is 6.42 Å². The molecular weight excluding hydrogens is 166 g/mol. The van der Waals surface area contributed by atoms with E-state index in [2.05, 4.69) is 0 Å². The molecule has 0 bridgehead atoms. The van der Waals surface area contributed by atoms with Crippen LogP contribution in [-0.2, 0) is 4.79 Å². The number of hydrogen-bond donors (Lipinski definition) is 2. The Bertz CT molecular complexity index is 256. The number of nitrogens with two attached hydrogens (primary N) is 1. The molecule has 3 heteroatoms. The number of aliphatic hydroxyl groups is 1. The predicted molar refractivity (Wildman–Crippen MR) is 50.8 cm³/mol. The van der Waals surface area contributed by atoms with Gasteiger partial charge >= 0.3 is 0 Å². The number of amides is 1. The van der Waals surface area contributed by atoms with Crippen LogP contribution in [0, 0.1) is 5.92 Å². The first-order valence-corrected chi connectivity index (χ1v) is 4.45. The second-order valence-electron chi connectivity index (χ2n) is 3.42. The molecule has 0 radical (unpaired) electrons. The molecule has 0 heterocycles. The molecule has 1 rings (SSSR count). The molecule has 0 aromatic heterocycles. The molecule has 0 aromatic rings. The van der Waals surface area contributed by atoms with Crippen molar-refractivity contribution < 1.29 is 9.90 Å². The molecule has 0 saturated heterocycles. The topological polar surface area (TPSA) is 63.3 Å². The van der Waals surface area contributed by atoms with Crippen molar-refractivity contribution in [2.24, 2.45) is 11.7 Å². The minimum Gasteiger partial charge on any atom is -0.388 e. The van der Waals surface area contributed by atoms with Gasteiger partial charge in [0.15, 0.2) is 0 Å². The summed E-state index contributed by atoms with van der Waals surface area (Å²) in [5.74, 6) is -0.152. The Hall–Kier alpha value is -1.09. The fourth-order valence-corrected chi connectivity index (χ4v) is 1.32. The fourth-order valence-electron chi connectivity index (χ4n) is 1.32. The Balaban J connectivity index is 2.48. The van der Waals surface area contributed by atoms with Crippen molar-refractivity contribution in [1.29, 1.82) is 0 Å². The molecule has 0 spiro atoms. The van der Waals surface area contributed by atoms with Crippen LogP contribution in [0.4, 0.5) is 0 Å². The van der Waals surface area contributed by atoms with Crippen LogP contribution in [0.5, 0.6) is 0 Å². The lowest BCUT2D eigenvalue weighted by molar-refractivity contribution is -0.117. The Labute approximate surface area is 77.9 Å². The molecule has 72 valence electrons. The van der Waals surface area contributed by atoms with E-state index in [4.69, 9.17) is 5.73 Å². The molecule has 1 aliphatic rings. The molecule has 1 amide bonds. The van der Waals surface area contributed by atoms with Gasteiger partial charge in [-0.2, -0.15) is 0 Å². The maximum atomic E-state index is 10.5. The van der Waals surface area contributed by atoms with Gasteiger partial charge in [-0.1, -0.05) is 30.7 Å². The van der Waals surface area contributed by atoms with Gasteiger partial charge in [-0.3, -0.25) is 4.79 Å². The van der Waals surface area contributed by atoms with Gasteiger partial charge in [0.05, 0.1) is 6.10 Å². The average molecular weight is 181 g/mol. The number of aliphatic hydroxyl groups excluding tert-OH is 1. The lowest BCUT2D eigenvalue weighted by Gasteiger charge is -2.17. The number of allylic oxidation sites excluding steroid dienone is 2. The number of hydrogen-bond acceptors (Lipinski definition) is 2. The zero-order valence-electron chi connectivity index (χ0n) is 7.73. The van der Waals surface area contributed by atoms with Gasteiger partial charge in [0, 0.05) is 12.3 Å². The second kappa shape index (κ2) is 4.23. The monoisotopic (exact) mass is 181 g/mol. The Kier molecular flexibility index (Phi) is 3.25. The predicted octanol–water partition coefficient (Wildman–Crippen LogP) is 0.745. The molecule has 0 fully saturated rings. The van der Waals surface area contributed by atoms with Crippen LogP contribution >= 0.6 is 0 Å². The molecule has 3 nitrogen and oxygen atoms in total. The normalized spacial score (nSPS) is 27.1. The highest BCUT2D eigenvalue weighted by Gasteiger charge is 2.13. The van der Waals surface area contributed by atoms with Gasteiger partial charge < -0.3 is 10.8 Å². The minimum absolute atomic E-state index is 0.132. The number of primary amides is 1. The fraction of sp³-hybridized carbons (Fsp3) is 0.500. The molecule has 0 aromatic carbocycles. The Morgan fingerprint density at radius 1 is 1.69 bits per heavy atom. The third kappa shape index (κ3) is 3.03. The summed E-state index contributed by atoms with van der Waals surface area (Å²) in [4.78, 5) is 10.5. The van der Waals surface area contributed by atoms with E-state index < -0.39 is 6.10 Å². The first-order chi connectivity index (χ1) is 6.09. The number of carbonyl (C=O) groups excluding carboxylic acids is 1. The number of carbonyl (C=O) groups is 1. The van der Waals surface area contributed by atoms with Crippen LogP contribution in [0.3, 0.4) is 0 Å². The minimum atomic E-state index is -0.391.